The first-order valence-electron chi connectivity index (χ1n) is 7.35. The first-order chi connectivity index (χ1) is 11.6. The Balaban J connectivity index is 1.88. The largest absolute Gasteiger partial charge is 0.494 e. The SMILES string of the molecule is CCOc1ccc(N2C(=O)C(=Cc3ccccc3F)SC2=S)cc1. The molecule has 0 bridgehead atoms. The normalized spacial score (nSPS) is 16.1. The maximum absolute atomic E-state index is 13.8. The second-order valence-corrected chi connectivity index (χ2v) is 6.64. The fourth-order valence-corrected chi connectivity index (χ4v) is 3.57. The minimum atomic E-state index is -0.371. The molecule has 2 aromatic carbocycles. The lowest BCUT2D eigenvalue weighted by molar-refractivity contribution is -0.113. The zero-order valence-electron chi connectivity index (χ0n) is 12.9. The molecule has 0 spiro atoms. The number of anilines is 1. The average Bonchev–Trinajstić information content (AvgIpc) is 2.85. The van der Waals surface area contributed by atoms with E-state index in [-0.39, 0.29) is 11.7 Å². The first-order valence-corrected chi connectivity index (χ1v) is 8.58. The molecule has 0 atom stereocenters. The van der Waals surface area contributed by atoms with Gasteiger partial charge in [0.2, 0.25) is 0 Å². The molecule has 1 aliphatic rings. The van der Waals surface area contributed by atoms with E-state index in [0.29, 0.717) is 27.1 Å². The van der Waals surface area contributed by atoms with E-state index in [1.54, 1.807) is 42.5 Å². The van der Waals surface area contributed by atoms with E-state index in [2.05, 4.69) is 0 Å². The molecule has 0 unspecified atom stereocenters. The summed E-state index contributed by atoms with van der Waals surface area (Å²) >= 11 is 6.48. The van der Waals surface area contributed by atoms with Crippen LogP contribution in [0, 0.1) is 5.82 Å². The molecule has 3 nitrogen and oxygen atoms in total. The fraction of sp³-hybridized carbons (Fsp3) is 0.111. The van der Waals surface area contributed by atoms with Crippen molar-refractivity contribution in [1.29, 1.82) is 0 Å². The summed E-state index contributed by atoms with van der Waals surface area (Å²) in [5, 5.41) is 0. The lowest BCUT2D eigenvalue weighted by Gasteiger charge is -2.15. The van der Waals surface area contributed by atoms with Gasteiger partial charge in [-0.1, -0.05) is 42.2 Å². The Hall–Kier alpha value is -2.18. The second-order valence-electron chi connectivity index (χ2n) is 4.97. The van der Waals surface area contributed by atoms with Gasteiger partial charge in [-0.25, -0.2) is 4.39 Å². The molecule has 0 saturated carbocycles. The van der Waals surface area contributed by atoms with Gasteiger partial charge in [0.05, 0.1) is 17.2 Å². The molecular formula is C18H14FNO2S2. The molecule has 1 heterocycles. The van der Waals surface area contributed by atoms with Gasteiger partial charge in [0.25, 0.3) is 5.91 Å². The standard InChI is InChI=1S/C18H14FNO2S2/c1-2-22-14-9-7-13(8-10-14)20-17(21)16(24-18(20)23)11-12-5-3-4-6-15(12)19/h3-11H,2H2,1H3. The Morgan fingerprint density at radius 2 is 1.92 bits per heavy atom. The van der Waals surface area contributed by atoms with E-state index in [4.69, 9.17) is 17.0 Å². The number of ether oxygens (including phenoxy) is 1. The minimum absolute atomic E-state index is 0.252. The molecule has 0 N–H and O–H groups in total. The number of hydrogen-bond acceptors (Lipinski definition) is 4. The van der Waals surface area contributed by atoms with E-state index in [0.717, 1.165) is 5.75 Å². The van der Waals surface area contributed by atoms with E-state index < -0.39 is 0 Å². The fourth-order valence-electron chi connectivity index (χ4n) is 2.28. The number of carbonyl (C=O) groups excluding carboxylic acids is 1. The lowest BCUT2D eigenvalue weighted by atomic mass is 10.2. The van der Waals surface area contributed by atoms with Crippen molar-refractivity contribution in [1.82, 2.24) is 0 Å². The maximum atomic E-state index is 13.8. The number of benzene rings is 2. The predicted octanol–water partition coefficient (Wildman–Crippen LogP) is 4.63. The van der Waals surface area contributed by atoms with E-state index in [1.807, 2.05) is 6.92 Å². The summed E-state index contributed by atoms with van der Waals surface area (Å²) in [6.07, 6.45) is 1.53. The van der Waals surface area contributed by atoms with Crippen LogP contribution >= 0.6 is 24.0 Å². The highest BCUT2D eigenvalue weighted by molar-refractivity contribution is 8.27. The van der Waals surface area contributed by atoms with Gasteiger partial charge in [0.15, 0.2) is 4.32 Å². The molecule has 1 amide bonds. The van der Waals surface area contributed by atoms with Crippen LogP contribution in [0.25, 0.3) is 6.08 Å². The quantitative estimate of drug-likeness (QED) is 0.588. The van der Waals surface area contributed by atoms with Gasteiger partial charge >= 0.3 is 0 Å². The summed E-state index contributed by atoms with van der Waals surface area (Å²) in [4.78, 5) is 14.5. The van der Waals surface area contributed by atoms with Gasteiger partial charge in [-0.2, -0.15) is 0 Å². The molecule has 0 aliphatic carbocycles. The number of halogens is 1. The van der Waals surface area contributed by atoms with Crippen molar-refractivity contribution in [3.05, 3.63) is 64.8 Å². The molecule has 6 heteroatoms. The molecule has 24 heavy (non-hydrogen) atoms. The lowest BCUT2D eigenvalue weighted by Crippen LogP contribution is -2.27. The van der Waals surface area contributed by atoms with Gasteiger partial charge in [0, 0.05) is 5.56 Å². The van der Waals surface area contributed by atoms with Crippen LogP contribution in [-0.2, 0) is 4.79 Å². The smallest absolute Gasteiger partial charge is 0.270 e. The Labute approximate surface area is 149 Å². The van der Waals surface area contributed by atoms with Gasteiger partial charge in [0.1, 0.15) is 11.6 Å². The van der Waals surface area contributed by atoms with Crippen molar-refractivity contribution >= 4 is 46.0 Å². The number of hydrogen-bond donors (Lipinski definition) is 0. The van der Waals surface area contributed by atoms with Crippen molar-refractivity contribution in [3.8, 4) is 5.75 Å². The van der Waals surface area contributed by atoms with Crippen molar-refractivity contribution < 1.29 is 13.9 Å². The predicted molar refractivity (Wildman–Crippen MR) is 99.7 cm³/mol. The summed E-state index contributed by atoms with van der Waals surface area (Å²) in [5.74, 6) is 0.106. The highest BCUT2D eigenvalue weighted by Gasteiger charge is 2.33. The van der Waals surface area contributed by atoms with Crippen molar-refractivity contribution in [3.63, 3.8) is 0 Å². The number of thioether (sulfide) groups is 1. The van der Waals surface area contributed by atoms with Crippen LogP contribution in [0.15, 0.2) is 53.4 Å². The number of rotatable bonds is 4. The highest BCUT2D eigenvalue weighted by Crippen LogP contribution is 2.36. The summed E-state index contributed by atoms with van der Waals surface area (Å²) in [6.45, 7) is 2.48. The van der Waals surface area contributed by atoms with Gasteiger partial charge in [-0.05, 0) is 43.3 Å². The second kappa shape index (κ2) is 7.15. The van der Waals surface area contributed by atoms with Crippen LogP contribution in [0.2, 0.25) is 0 Å². The topological polar surface area (TPSA) is 29.5 Å². The third kappa shape index (κ3) is 3.34. The van der Waals surface area contributed by atoms with Gasteiger partial charge in [-0.3, -0.25) is 9.69 Å². The van der Waals surface area contributed by atoms with Gasteiger partial charge < -0.3 is 4.74 Å². The van der Waals surface area contributed by atoms with E-state index >= 15 is 0 Å². The number of nitrogens with zero attached hydrogens (tertiary/aromatic N) is 1. The Bertz CT molecular complexity index is 818. The molecule has 0 aromatic heterocycles. The van der Waals surface area contributed by atoms with Crippen LogP contribution in [-0.4, -0.2) is 16.8 Å². The van der Waals surface area contributed by atoms with Gasteiger partial charge in [-0.15, -0.1) is 0 Å². The summed E-state index contributed by atoms with van der Waals surface area (Å²) in [5.41, 5.74) is 1.03. The number of carbonyl (C=O) groups is 1. The van der Waals surface area contributed by atoms with Crippen LogP contribution in [0.5, 0.6) is 5.75 Å². The summed E-state index contributed by atoms with van der Waals surface area (Å²) < 4.78 is 19.6. The van der Waals surface area contributed by atoms with Crippen LogP contribution in [0.3, 0.4) is 0 Å². The van der Waals surface area contributed by atoms with Crippen molar-refractivity contribution in [2.24, 2.45) is 0 Å². The molecular weight excluding hydrogens is 345 g/mol. The molecule has 0 radical (unpaired) electrons. The third-order valence-electron chi connectivity index (χ3n) is 3.39. The zero-order valence-corrected chi connectivity index (χ0v) is 14.5. The summed E-state index contributed by atoms with van der Waals surface area (Å²) in [7, 11) is 0. The minimum Gasteiger partial charge on any atom is -0.494 e. The first kappa shape index (κ1) is 16.7. The monoisotopic (exact) mass is 359 g/mol. The maximum Gasteiger partial charge on any atom is 0.270 e. The molecule has 1 saturated heterocycles. The van der Waals surface area contributed by atoms with Crippen molar-refractivity contribution in [2.45, 2.75) is 6.92 Å². The summed E-state index contributed by atoms with van der Waals surface area (Å²) in [6, 6.07) is 13.5. The molecule has 1 aliphatic heterocycles. The Kier molecular flexibility index (Phi) is 4.97. The molecule has 1 fully saturated rings. The molecule has 2 aromatic rings. The molecule has 3 rings (SSSR count). The number of thiocarbonyl (C=S) groups is 1. The van der Waals surface area contributed by atoms with E-state index in [1.165, 1.54) is 28.8 Å². The highest BCUT2D eigenvalue weighted by atomic mass is 32.2. The zero-order chi connectivity index (χ0) is 17.1. The molecule has 122 valence electrons. The van der Waals surface area contributed by atoms with E-state index in [9.17, 15) is 9.18 Å². The number of amides is 1. The van der Waals surface area contributed by atoms with Crippen LogP contribution in [0.1, 0.15) is 12.5 Å². The van der Waals surface area contributed by atoms with Crippen LogP contribution in [0.4, 0.5) is 10.1 Å². The Morgan fingerprint density at radius 1 is 1.21 bits per heavy atom. The Morgan fingerprint density at radius 3 is 2.58 bits per heavy atom. The third-order valence-corrected chi connectivity index (χ3v) is 4.69. The van der Waals surface area contributed by atoms with Crippen molar-refractivity contribution in [2.75, 3.05) is 11.5 Å². The average molecular weight is 359 g/mol. The van der Waals surface area contributed by atoms with Crippen LogP contribution < -0.4 is 9.64 Å².